The number of carbonyl (C=O) groups excluding carboxylic acids is 6. The monoisotopic (exact) mass is 1390 g/mol. The molecule has 24 heteroatoms. The Kier molecular flexibility index (Phi) is 88.6. The molecule has 0 radical (unpaired) electrons. The molecule has 0 heterocycles. The standard InChI is InChI=1S/C15H26N2O2.C14H24N2O2.C13H22N2O2.C12H20N2O2.C11H18N2O2.C10H16N2O2/c1-3-19-12-10-8-6-4-5-7-9-11-17-15(18)14(2)13-16;1-3-18-11-9-7-5-4-6-8-10-16-14(17)13(2)12-15;1-3-17-10-8-6-4-5-7-9-15-13(16)12(2)11-14;1-3-16-9-7-5-4-6-8-14-12(15)11(2)10-13;1-3-15-8-6-4-5-7-13-11(14)10(2)9-12;1-3-14-7-5-4-6-12-10(13)9(2)8-11/h2-12H2,1H3,(H,17,18);2-11H2,1H3,(H,16,17);2-10H2,1H3,(H,15,16);2-9H2,1H3,(H,14,15);2-8H2,1H3,(H,13,14);2-7H2,1H3,(H,12,13). The zero-order valence-corrected chi connectivity index (χ0v) is 61.6. The Morgan fingerprint density at radius 2 is 0.333 bits per heavy atom. The molecule has 0 bridgehead atoms. The highest BCUT2D eigenvalue weighted by Crippen LogP contribution is 2.09. The summed E-state index contributed by atoms with van der Waals surface area (Å²) in [5.41, 5.74) is -0.183. The third-order valence-corrected chi connectivity index (χ3v) is 13.4. The number of nitriles is 6. The fourth-order valence-corrected chi connectivity index (χ4v) is 7.65. The lowest BCUT2D eigenvalue weighted by molar-refractivity contribution is -0.117. The van der Waals surface area contributed by atoms with E-state index in [1.54, 1.807) is 36.4 Å². The van der Waals surface area contributed by atoms with Crippen LogP contribution in [0.5, 0.6) is 0 Å². The molecular weight excluding hydrogens is 1260 g/mol. The molecule has 0 aromatic heterocycles. The van der Waals surface area contributed by atoms with Crippen molar-refractivity contribution in [1.29, 1.82) is 31.6 Å². The molecule has 24 nitrogen and oxygen atoms in total. The second-order valence-corrected chi connectivity index (χ2v) is 21.8. The van der Waals surface area contributed by atoms with Crippen molar-refractivity contribution in [3.63, 3.8) is 0 Å². The second kappa shape index (κ2) is 86.0. The summed E-state index contributed by atoms with van der Waals surface area (Å²) in [6.07, 6.45) is 29.2. The SMILES string of the molecule is C=C(C#N)C(=O)NCCCCCCCCCOCC.C=C(C#N)C(=O)NCCCCCCCCOCC.C=C(C#N)C(=O)NCCCCCCCOCC.C=C(C#N)C(=O)NCCCCCCOCC.C=C(C#N)C(=O)NCCCCCOCC.C=C(C#N)C(=O)NCCCCOCC. The van der Waals surface area contributed by atoms with Gasteiger partial charge in [-0.2, -0.15) is 31.6 Å². The van der Waals surface area contributed by atoms with Gasteiger partial charge in [-0.3, -0.25) is 28.8 Å². The number of carbonyl (C=O) groups is 6. The van der Waals surface area contributed by atoms with E-state index < -0.39 is 0 Å². The van der Waals surface area contributed by atoms with E-state index in [1.165, 1.54) is 51.4 Å². The normalized spacial score (nSPS) is 9.58. The highest BCUT2D eigenvalue weighted by atomic mass is 16.5. The van der Waals surface area contributed by atoms with Gasteiger partial charge in [0.25, 0.3) is 35.4 Å². The Bertz CT molecular complexity index is 2430. The van der Waals surface area contributed by atoms with Crippen molar-refractivity contribution >= 4 is 35.4 Å². The van der Waals surface area contributed by atoms with Gasteiger partial charge in [0.15, 0.2) is 0 Å². The first-order valence-electron chi connectivity index (χ1n) is 35.5. The van der Waals surface area contributed by atoms with Gasteiger partial charge in [-0.05, 0) is 125 Å². The van der Waals surface area contributed by atoms with Crippen molar-refractivity contribution in [1.82, 2.24) is 31.9 Å². The van der Waals surface area contributed by atoms with E-state index in [2.05, 4.69) is 71.4 Å². The molecule has 99 heavy (non-hydrogen) atoms. The molecule has 0 rings (SSSR count). The highest BCUT2D eigenvalue weighted by Gasteiger charge is 2.09. The molecule has 0 aliphatic rings. The van der Waals surface area contributed by atoms with E-state index in [0.717, 1.165) is 195 Å². The summed E-state index contributed by atoms with van der Waals surface area (Å²) < 4.78 is 31.3. The molecule has 0 unspecified atom stereocenters. The minimum absolute atomic E-state index is 0.0192. The fourth-order valence-electron chi connectivity index (χ4n) is 7.65. The maximum Gasteiger partial charge on any atom is 0.261 e. The molecular formula is C75H126N12O12. The van der Waals surface area contributed by atoms with Crippen LogP contribution >= 0.6 is 0 Å². The fraction of sp³-hybridized carbons (Fsp3) is 0.680. The topological polar surface area (TPSA) is 373 Å². The van der Waals surface area contributed by atoms with Crippen molar-refractivity contribution in [3.05, 3.63) is 72.9 Å². The number of amides is 6. The van der Waals surface area contributed by atoms with Crippen LogP contribution < -0.4 is 31.9 Å². The van der Waals surface area contributed by atoms with Gasteiger partial charge < -0.3 is 60.3 Å². The number of nitrogens with one attached hydrogen (secondary N) is 6. The molecule has 0 fully saturated rings. The molecule has 558 valence electrons. The summed E-state index contributed by atoms with van der Waals surface area (Å²) in [5.74, 6) is -2.18. The Labute approximate surface area is 596 Å². The third kappa shape index (κ3) is 84.1. The molecule has 0 aromatic carbocycles. The molecule has 0 saturated heterocycles. The lowest BCUT2D eigenvalue weighted by Gasteiger charge is -2.04. The van der Waals surface area contributed by atoms with Gasteiger partial charge in [-0.15, -0.1) is 0 Å². The van der Waals surface area contributed by atoms with E-state index in [-0.39, 0.29) is 68.9 Å². The molecule has 0 aromatic rings. The van der Waals surface area contributed by atoms with Gasteiger partial charge in [0.05, 0.1) is 0 Å². The zero-order valence-electron chi connectivity index (χ0n) is 61.6. The van der Waals surface area contributed by atoms with Crippen LogP contribution in [0.3, 0.4) is 0 Å². The minimum Gasteiger partial charge on any atom is -0.382 e. The number of nitrogens with zero attached hydrogens (tertiary/aromatic N) is 6. The first kappa shape index (κ1) is 102. The van der Waals surface area contributed by atoms with E-state index in [9.17, 15) is 28.8 Å². The van der Waals surface area contributed by atoms with Crippen LogP contribution in [0.25, 0.3) is 0 Å². The Balaban J connectivity index is -0.000000263. The third-order valence-electron chi connectivity index (χ3n) is 13.4. The summed E-state index contributed by atoms with van der Waals surface area (Å²) >= 11 is 0. The van der Waals surface area contributed by atoms with Gasteiger partial charge in [0.1, 0.15) is 69.9 Å². The number of hydrogen-bond acceptors (Lipinski definition) is 18. The summed E-state index contributed by atoms with van der Waals surface area (Å²) in [6.45, 7) is 45.1. The average molecular weight is 1390 g/mol. The van der Waals surface area contributed by atoms with Crippen LogP contribution in [0, 0.1) is 68.0 Å². The number of hydrogen-bond donors (Lipinski definition) is 6. The average Bonchev–Trinajstić information content (AvgIpc) is 3.67. The Hall–Kier alpha value is -8.04. The molecule has 6 amide bonds. The summed E-state index contributed by atoms with van der Waals surface area (Å²) in [6, 6.07) is 10.3. The maximum absolute atomic E-state index is 11.2. The van der Waals surface area contributed by atoms with Crippen molar-refractivity contribution < 1.29 is 57.2 Å². The van der Waals surface area contributed by atoms with Crippen LogP contribution in [-0.2, 0) is 57.2 Å². The van der Waals surface area contributed by atoms with Crippen molar-refractivity contribution in [2.75, 3.05) is 119 Å². The molecule has 6 N–H and O–H groups in total. The predicted octanol–water partition coefficient (Wildman–Crippen LogP) is 11.8. The predicted molar refractivity (Wildman–Crippen MR) is 390 cm³/mol. The number of unbranched alkanes of at least 4 members (excludes halogenated alkanes) is 21. The van der Waals surface area contributed by atoms with Gasteiger partial charge in [0.2, 0.25) is 0 Å². The number of rotatable bonds is 57. The smallest absolute Gasteiger partial charge is 0.261 e. The van der Waals surface area contributed by atoms with Crippen LogP contribution in [0.15, 0.2) is 72.9 Å². The molecule has 0 spiro atoms. The Morgan fingerprint density at radius 1 is 0.222 bits per heavy atom. The molecule has 0 aliphatic heterocycles. The van der Waals surface area contributed by atoms with Crippen LogP contribution in [0.1, 0.15) is 215 Å². The summed E-state index contributed by atoms with van der Waals surface area (Å²) in [7, 11) is 0. The summed E-state index contributed by atoms with van der Waals surface area (Å²) in [5, 5.41) is 66.3. The van der Waals surface area contributed by atoms with Gasteiger partial charge in [-0.25, -0.2) is 0 Å². The van der Waals surface area contributed by atoms with E-state index in [0.29, 0.717) is 45.9 Å². The highest BCUT2D eigenvalue weighted by molar-refractivity contribution is 5.98. The lowest BCUT2D eigenvalue weighted by Crippen LogP contribution is -2.25. The Morgan fingerprint density at radius 3 is 0.475 bits per heavy atom. The maximum atomic E-state index is 11.2. The van der Waals surface area contributed by atoms with Crippen molar-refractivity contribution in [2.24, 2.45) is 0 Å². The quantitative estimate of drug-likeness (QED) is 0.0187. The van der Waals surface area contributed by atoms with E-state index >= 15 is 0 Å². The second-order valence-electron chi connectivity index (χ2n) is 21.8. The van der Waals surface area contributed by atoms with E-state index in [4.69, 9.17) is 60.0 Å². The number of ether oxygens (including phenoxy) is 6. The van der Waals surface area contributed by atoms with E-state index in [1.807, 2.05) is 41.5 Å². The van der Waals surface area contributed by atoms with Crippen LogP contribution in [0.2, 0.25) is 0 Å². The van der Waals surface area contributed by atoms with Gasteiger partial charge in [0, 0.05) is 119 Å². The largest absolute Gasteiger partial charge is 0.382 e. The first-order chi connectivity index (χ1) is 47.8. The summed E-state index contributed by atoms with van der Waals surface area (Å²) in [4.78, 5) is 66.6. The van der Waals surface area contributed by atoms with Crippen LogP contribution in [-0.4, -0.2) is 154 Å². The van der Waals surface area contributed by atoms with Gasteiger partial charge in [-0.1, -0.05) is 129 Å². The van der Waals surface area contributed by atoms with Crippen molar-refractivity contribution in [3.8, 4) is 36.4 Å². The zero-order chi connectivity index (χ0) is 75.5. The molecule has 0 atom stereocenters. The van der Waals surface area contributed by atoms with Gasteiger partial charge >= 0.3 is 0 Å². The van der Waals surface area contributed by atoms with Crippen LogP contribution in [0.4, 0.5) is 0 Å². The lowest BCUT2D eigenvalue weighted by atomic mass is 10.1. The molecule has 0 aliphatic carbocycles. The first-order valence-corrected chi connectivity index (χ1v) is 35.5. The minimum atomic E-state index is -0.385. The molecule has 0 saturated carbocycles. The van der Waals surface area contributed by atoms with Crippen molar-refractivity contribution in [2.45, 2.75) is 215 Å².